The lowest BCUT2D eigenvalue weighted by Gasteiger charge is -2.34. The third-order valence-corrected chi connectivity index (χ3v) is 6.32. The predicted molar refractivity (Wildman–Crippen MR) is 106 cm³/mol. The first-order valence-corrected chi connectivity index (χ1v) is 10.2. The molecule has 27 heavy (non-hydrogen) atoms. The molecule has 140 valence electrons. The standard InChI is InChI=1S/C18H18N4O3S2/c1-12-11-14(20-16(23)13-3-2-9-25-13)27-15(12)17(24)21-5-7-22(8-6-21)18-19-4-10-26-18/h2-4,9-11H,5-8H2,1H3,(H,20,23). The number of aromatic nitrogens is 1. The lowest BCUT2D eigenvalue weighted by atomic mass is 10.2. The number of amides is 2. The van der Waals surface area contributed by atoms with Crippen LogP contribution in [0.1, 0.15) is 25.8 Å². The first kappa shape index (κ1) is 17.7. The number of piperazine rings is 1. The summed E-state index contributed by atoms with van der Waals surface area (Å²) in [6.07, 6.45) is 3.25. The van der Waals surface area contributed by atoms with Gasteiger partial charge in [0.1, 0.15) is 0 Å². The van der Waals surface area contributed by atoms with Crippen LogP contribution in [0.3, 0.4) is 0 Å². The highest BCUT2D eigenvalue weighted by Crippen LogP contribution is 2.29. The Balaban J connectivity index is 1.40. The van der Waals surface area contributed by atoms with Gasteiger partial charge in [-0.25, -0.2) is 4.98 Å². The van der Waals surface area contributed by atoms with Gasteiger partial charge in [0.15, 0.2) is 10.9 Å². The first-order valence-electron chi connectivity index (χ1n) is 8.51. The number of rotatable bonds is 4. The van der Waals surface area contributed by atoms with Crippen molar-refractivity contribution < 1.29 is 14.0 Å². The molecule has 0 unspecified atom stereocenters. The molecule has 4 rings (SSSR count). The minimum Gasteiger partial charge on any atom is -0.459 e. The normalized spacial score (nSPS) is 14.4. The molecular formula is C18H18N4O3S2. The molecule has 1 aliphatic heterocycles. The van der Waals surface area contributed by atoms with Gasteiger partial charge in [-0.05, 0) is 30.7 Å². The summed E-state index contributed by atoms with van der Waals surface area (Å²) >= 11 is 2.91. The Morgan fingerprint density at radius 3 is 2.74 bits per heavy atom. The predicted octanol–water partition coefficient (Wildman–Crippen LogP) is 3.32. The Kier molecular flexibility index (Phi) is 4.95. The number of hydrogen-bond donors (Lipinski definition) is 1. The van der Waals surface area contributed by atoms with Crippen LogP contribution in [0, 0.1) is 6.92 Å². The zero-order valence-electron chi connectivity index (χ0n) is 14.7. The van der Waals surface area contributed by atoms with Crippen LogP contribution in [-0.2, 0) is 0 Å². The fraction of sp³-hybridized carbons (Fsp3) is 0.278. The largest absolute Gasteiger partial charge is 0.459 e. The summed E-state index contributed by atoms with van der Waals surface area (Å²) in [6.45, 7) is 4.74. The number of aryl methyl sites for hydroxylation is 1. The third kappa shape index (κ3) is 3.74. The van der Waals surface area contributed by atoms with E-state index in [0.29, 0.717) is 23.0 Å². The van der Waals surface area contributed by atoms with E-state index in [9.17, 15) is 9.59 Å². The zero-order chi connectivity index (χ0) is 18.8. The molecule has 4 heterocycles. The van der Waals surface area contributed by atoms with E-state index in [2.05, 4.69) is 15.2 Å². The summed E-state index contributed by atoms with van der Waals surface area (Å²) in [5, 5.41) is 6.38. The minimum absolute atomic E-state index is 0.00906. The van der Waals surface area contributed by atoms with Gasteiger partial charge in [-0.3, -0.25) is 9.59 Å². The van der Waals surface area contributed by atoms with E-state index < -0.39 is 0 Å². The number of hydrogen-bond acceptors (Lipinski definition) is 7. The molecular weight excluding hydrogens is 384 g/mol. The molecule has 1 fully saturated rings. The van der Waals surface area contributed by atoms with E-state index in [4.69, 9.17) is 4.42 Å². The molecule has 2 amide bonds. The van der Waals surface area contributed by atoms with Crippen molar-refractivity contribution in [2.24, 2.45) is 0 Å². The highest BCUT2D eigenvalue weighted by Gasteiger charge is 2.26. The molecule has 0 aliphatic carbocycles. The molecule has 0 aromatic carbocycles. The Labute approximate surface area is 164 Å². The molecule has 0 atom stereocenters. The van der Waals surface area contributed by atoms with Gasteiger partial charge in [0, 0.05) is 37.8 Å². The summed E-state index contributed by atoms with van der Waals surface area (Å²) in [5.74, 6) is -0.0701. The molecule has 1 N–H and O–H groups in total. The van der Waals surface area contributed by atoms with Gasteiger partial charge >= 0.3 is 0 Å². The number of thiophene rings is 1. The molecule has 3 aromatic heterocycles. The second-order valence-corrected chi connectivity index (χ2v) is 8.07. The van der Waals surface area contributed by atoms with E-state index in [1.165, 1.54) is 17.6 Å². The summed E-state index contributed by atoms with van der Waals surface area (Å²) in [5.41, 5.74) is 0.863. The minimum atomic E-state index is -0.322. The average molecular weight is 403 g/mol. The van der Waals surface area contributed by atoms with Gasteiger partial charge in [0.25, 0.3) is 11.8 Å². The first-order chi connectivity index (χ1) is 13.1. The molecule has 0 bridgehead atoms. The second kappa shape index (κ2) is 7.53. The molecule has 1 aliphatic rings. The maximum Gasteiger partial charge on any atom is 0.291 e. The fourth-order valence-electron chi connectivity index (χ4n) is 2.95. The average Bonchev–Trinajstić information content (AvgIpc) is 3.43. The quantitative estimate of drug-likeness (QED) is 0.724. The van der Waals surface area contributed by atoms with Gasteiger partial charge < -0.3 is 19.5 Å². The Bertz CT molecular complexity index is 926. The highest BCUT2D eigenvalue weighted by molar-refractivity contribution is 7.18. The lowest BCUT2D eigenvalue weighted by Crippen LogP contribution is -2.48. The van der Waals surface area contributed by atoms with E-state index in [1.54, 1.807) is 29.7 Å². The van der Waals surface area contributed by atoms with Crippen molar-refractivity contribution in [1.82, 2.24) is 9.88 Å². The van der Waals surface area contributed by atoms with Gasteiger partial charge in [0.2, 0.25) is 0 Å². The van der Waals surface area contributed by atoms with Crippen LogP contribution in [0.25, 0.3) is 0 Å². The topological polar surface area (TPSA) is 78.7 Å². The van der Waals surface area contributed by atoms with Crippen LogP contribution >= 0.6 is 22.7 Å². The van der Waals surface area contributed by atoms with Crippen molar-refractivity contribution in [3.63, 3.8) is 0 Å². The maximum atomic E-state index is 12.9. The Morgan fingerprint density at radius 1 is 1.26 bits per heavy atom. The number of carbonyl (C=O) groups is 2. The van der Waals surface area contributed by atoms with Crippen molar-refractivity contribution in [3.05, 3.63) is 52.2 Å². The summed E-state index contributed by atoms with van der Waals surface area (Å²) in [4.78, 5) is 34.1. The van der Waals surface area contributed by atoms with E-state index in [0.717, 1.165) is 23.8 Å². The van der Waals surface area contributed by atoms with Crippen molar-refractivity contribution >= 4 is 44.6 Å². The number of thiazole rings is 1. The van der Waals surface area contributed by atoms with Crippen molar-refractivity contribution in [2.75, 3.05) is 36.4 Å². The summed E-state index contributed by atoms with van der Waals surface area (Å²) in [6, 6.07) is 5.09. The monoisotopic (exact) mass is 402 g/mol. The molecule has 0 spiro atoms. The van der Waals surface area contributed by atoms with E-state index in [-0.39, 0.29) is 17.6 Å². The molecule has 0 saturated carbocycles. The van der Waals surface area contributed by atoms with E-state index in [1.807, 2.05) is 23.3 Å². The molecule has 7 nitrogen and oxygen atoms in total. The van der Waals surface area contributed by atoms with Crippen LogP contribution in [0.5, 0.6) is 0 Å². The molecule has 1 saturated heterocycles. The van der Waals surface area contributed by atoms with Crippen LogP contribution < -0.4 is 10.2 Å². The SMILES string of the molecule is Cc1cc(NC(=O)c2ccco2)sc1C(=O)N1CCN(c2nccs2)CC1. The third-order valence-electron chi connectivity index (χ3n) is 4.35. The number of anilines is 2. The Hall–Kier alpha value is -2.65. The van der Waals surface area contributed by atoms with E-state index >= 15 is 0 Å². The van der Waals surface area contributed by atoms with Crippen LogP contribution in [-0.4, -0.2) is 47.9 Å². The van der Waals surface area contributed by atoms with Crippen LogP contribution in [0.15, 0.2) is 40.5 Å². The number of furan rings is 1. The zero-order valence-corrected chi connectivity index (χ0v) is 16.3. The molecule has 0 radical (unpaired) electrons. The Morgan fingerprint density at radius 2 is 2.07 bits per heavy atom. The van der Waals surface area contributed by atoms with Gasteiger partial charge in [-0.15, -0.1) is 22.7 Å². The van der Waals surface area contributed by atoms with Crippen molar-refractivity contribution in [1.29, 1.82) is 0 Å². The second-order valence-electron chi connectivity index (χ2n) is 6.15. The molecule has 9 heteroatoms. The van der Waals surface area contributed by atoms with Crippen molar-refractivity contribution in [3.8, 4) is 0 Å². The van der Waals surface area contributed by atoms with Crippen LogP contribution in [0.4, 0.5) is 10.1 Å². The van der Waals surface area contributed by atoms with Gasteiger partial charge in [-0.2, -0.15) is 0 Å². The highest BCUT2D eigenvalue weighted by atomic mass is 32.1. The number of nitrogens with zero attached hydrogens (tertiary/aromatic N) is 3. The maximum absolute atomic E-state index is 12.9. The lowest BCUT2D eigenvalue weighted by molar-refractivity contribution is 0.0750. The van der Waals surface area contributed by atoms with Crippen molar-refractivity contribution in [2.45, 2.75) is 6.92 Å². The summed E-state index contributed by atoms with van der Waals surface area (Å²) < 4.78 is 5.10. The summed E-state index contributed by atoms with van der Waals surface area (Å²) in [7, 11) is 0. The van der Waals surface area contributed by atoms with Gasteiger partial charge in [-0.1, -0.05) is 0 Å². The number of carbonyl (C=O) groups excluding carboxylic acids is 2. The number of nitrogens with one attached hydrogen (secondary N) is 1. The molecule has 3 aromatic rings. The fourth-order valence-corrected chi connectivity index (χ4v) is 4.69. The van der Waals surface area contributed by atoms with Gasteiger partial charge in [0.05, 0.1) is 16.1 Å². The smallest absolute Gasteiger partial charge is 0.291 e. The van der Waals surface area contributed by atoms with Crippen LogP contribution in [0.2, 0.25) is 0 Å².